The molecule has 2 aromatic carbocycles. The second kappa shape index (κ2) is 40.1. The van der Waals surface area contributed by atoms with E-state index in [9.17, 15) is 62.6 Å². The normalized spacial score (nSPS) is 17.7. The first-order valence-corrected chi connectivity index (χ1v) is 34.9. The van der Waals surface area contributed by atoms with Crippen LogP contribution in [-0.2, 0) is 75.2 Å². The Labute approximate surface area is 575 Å². The molecule has 26 nitrogen and oxygen atoms in total. The van der Waals surface area contributed by atoms with Gasteiger partial charge < -0.3 is 66.8 Å². The quantitative estimate of drug-likeness (QED) is 0.0275. The van der Waals surface area contributed by atoms with Crippen LogP contribution in [0.1, 0.15) is 144 Å². The van der Waals surface area contributed by atoms with Crippen molar-refractivity contribution in [3.8, 4) is 0 Å². The number of anilines is 1. The van der Waals surface area contributed by atoms with Gasteiger partial charge in [0.15, 0.2) is 11.6 Å². The number of nitrogens with zero attached hydrogens (tertiary/aromatic N) is 3. The summed E-state index contributed by atoms with van der Waals surface area (Å²) >= 11 is 1.25. The molecule has 1 aliphatic heterocycles. The Bertz CT molecular complexity index is 3040. The highest BCUT2D eigenvalue weighted by Gasteiger charge is 2.44. The molecular formula is C70H106N10O16S. The van der Waals surface area contributed by atoms with Gasteiger partial charge in [0.1, 0.15) is 36.8 Å². The van der Waals surface area contributed by atoms with Crippen LogP contribution in [0.5, 0.6) is 0 Å². The van der Waals surface area contributed by atoms with Crippen molar-refractivity contribution in [2.75, 3.05) is 53.0 Å². The van der Waals surface area contributed by atoms with E-state index in [-0.39, 0.29) is 80.5 Å². The number of carboxylic acids is 1. The Morgan fingerprint density at radius 1 is 0.732 bits per heavy atom. The third kappa shape index (κ3) is 24.2. The van der Waals surface area contributed by atoms with Crippen molar-refractivity contribution >= 4 is 88.5 Å². The largest absolute Gasteiger partial charge is 0.480 e. The molecule has 2 aromatic rings. The lowest BCUT2D eigenvalue weighted by molar-refractivity contribution is -0.148. The first-order chi connectivity index (χ1) is 45.9. The molecule has 1 heterocycles. The van der Waals surface area contributed by atoms with Gasteiger partial charge in [-0.15, -0.1) is 11.8 Å². The Morgan fingerprint density at radius 2 is 1.38 bits per heavy atom. The number of urea groups is 1. The molecule has 27 heteroatoms. The number of nitrogens with one attached hydrogen (secondary N) is 6. The first kappa shape index (κ1) is 81.5. The third-order valence-corrected chi connectivity index (χ3v) is 19.0. The molecule has 0 saturated carbocycles. The van der Waals surface area contributed by atoms with E-state index >= 15 is 0 Å². The van der Waals surface area contributed by atoms with Crippen molar-refractivity contribution in [1.29, 1.82) is 0 Å². The zero-order valence-electron chi connectivity index (χ0n) is 58.9. The number of carbonyl (C=O) groups excluding carboxylic acids is 11. The molecule has 0 spiro atoms. The van der Waals surface area contributed by atoms with E-state index in [0.29, 0.717) is 67.6 Å². The predicted octanol–water partition coefficient (Wildman–Crippen LogP) is 6.13. The van der Waals surface area contributed by atoms with E-state index in [4.69, 9.17) is 19.9 Å². The number of likely N-dealkylation sites (tertiary alicyclic amines) is 1. The minimum absolute atomic E-state index is 0.0753. The molecule has 10 amide bonds. The van der Waals surface area contributed by atoms with Crippen molar-refractivity contribution in [1.82, 2.24) is 41.3 Å². The van der Waals surface area contributed by atoms with E-state index in [1.807, 2.05) is 19.9 Å². The number of carboxylic acid groups (broad SMARTS) is 1. The van der Waals surface area contributed by atoms with Crippen LogP contribution in [0, 0.1) is 35.5 Å². The summed E-state index contributed by atoms with van der Waals surface area (Å²) in [6, 6.07) is 7.89. The van der Waals surface area contributed by atoms with Gasteiger partial charge in [-0.3, -0.25) is 48.1 Å². The van der Waals surface area contributed by atoms with E-state index in [1.54, 1.807) is 115 Å². The molecule has 97 heavy (non-hydrogen) atoms. The van der Waals surface area contributed by atoms with Gasteiger partial charge in [-0.2, -0.15) is 0 Å². The highest BCUT2D eigenvalue weighted by molar-refractivity contribution is 8.03. The lowest BCUT2D eigenvalue weighted by atomic mass is 9.89. The maximum atomic E-state index is 14.8. The van der Waals surface area contributed by atoms with Crippen molar-refractivity contribution < 1.29 is 76.9 Å². The van der Waals surface area contributed by atoms with Crippen molar-refractivity contribution in [2.24, 2.45) is 41.2 Å². The first-order valence-electron chi connectivity index (χ1n) is 33.7. The number of hydrogen-bond donors (Lipinski definition) is 8. The standard InChI is InChI=1S/C70H106N10O16S/c1-15-43(8)60(53(94-12)38-56(83)80-35-23-28-51(80)62(95-13)44(9)63(85)75-50(68(90)91)36-45-24-18-16-19-25-45)78(10)67(89)58(41(4)5)77-66(88)59(42(6)7)79(11)70(93)96-39-46-30-32-47(33-31-46)73-64(86)49(27-22-34-72-69(71)92)74-65(87)57(40(2)3)76-55(82)29-21-17-20-26-48-52(81)37-54(97-14)61(48)84/h16,18-19,24-25,30-33,37,40-44,48-51,53,57-60,62H,15,17,20-23,26-29,34-36,38-39H2,1-14H3,(H,73,86)(H,74,87)(H,75,85)(H,76,82)(H,77,88)(H,90,91)(H3,71,72,92)/t43-,44+,48?,49-,50-,51-,53+,57-,58-,59-,60-,62+/m0/s1. The Kier molecular flexibility index (Phi) is 33.7. The maximum absolute atomic E-state index is 14.8. The molecule has 1 unspecified atom stereocenters. The SMILES string of the molecule is CC[C@H](C)[C@@H]([C@@H](CC(=O)N1CCC[C@H]1[C@H](OC)[C@@H](C)C(=O)N[C@@H](Cc1ccccc1)C(=O)O)OC)N(C)C(=O)[C@@H](NC(=O)[C@H](C(C)C)N(C)C(=O)OCc1ccc(NC(=O)[C@H](CCCNC(N)=O)NC(=O)[C@@H](NC(=O)CCCCCC2C(=O)C=C(SC)C2=O)C(C)C)cc1)C(C)C. The van der Waals surface area contributed by atoms with Crippen LogP contribution in [0.2, 0.25) is 0 Å². The summed E-state index contributed by atoms with van der Waals surface area (Å²) < 4.78 is 17.7. The summed E-state index contributed by atoms with van der Waals surface area (Å²) in [5.74, 6) is -8.00. The Balaban J connectivity index is 1.37. The number of methoxy groups -OCH3 is 2. The number of ether oxygens (including phenoxy) is 3. The topological polar surface area (TPSA) is 361 Å². The molecule has 0 bridgehead atoms. The highest BCUT2D eigenvalue weighted by Crippen LogP contribution is 2.32. The average molecular weight is 1380 g/mol. The number of Topliss-reactive ketones (excluding diaryl/α,β-unsaturated/α-hetero) is 1. The Hall–Kier alpha value is -7.91. The fraction of sp³-hybridized carbons (Fsp3) is 0.629. The van der Waals surface area contributed by atoms with Crippen LogP contribution < -0.4 is 37.6 Å². The van der Waals surface area contributed by atoms with Crippen molar-refractivity contribution in [2.45, 2.75) is 200 Å². The van der Waals surface area contributed by atoms with Gasteiger partial charge in [0, 0.05) is 59.9 Å². The van der Waals surface area contributed by atoms with E-state index in [2.05, 4.69) is 31.9 Å². The molecule has 2 aliphatic rings. The maximum Gasteiger partial charge on any atom is 0.410 e. The monoisotopic (exact) mass is 1370 g/mol. The number of amides is 10. The molecule has 538 valence electrons. The van der Waals surface area contributed by atoms with E-state index in [1.165, 1.54) is 44.0 Å². The predicted molar refractivity (Wildman–Crippen MR) is 368 cm³/mol. The number of aliphatic carboxylic acids is 1. The lowest BCUT2D eigenvalue weighted by Gasteiger charge is -2.41. The zero-order chi connectivity index (χ0) is 72.4. The average Bonchev–Trinajstić information content (AvgIpc) is 1.63. The van der Waals surface area contributed by atoms with Crippen LogP contribution in [0.3, 0.4) is 0 Å². The number of thioether (sulfide) groups is 1. The summed E-state index contributed by atoms with van der Waals surface area (Å²) in [6.07, 6.45) is 4.83. The number of ketones is 2. The number of unbranched alkanes of at least 4 members (excludes halogenated alkanes) is 2. The van der Waals surface area contributed by atoms with Gasteiger partial charge in [-0.1, -0.05) is 124 Å². The molecule has 9 N–H and O–H groups in total. The minimum Gasteiger partial charge on any atom is -0.480 e. The molecule has 0 aromatic heterocycles. The number of benzene rings is 2. The number of hydrogen-bond acceptors (Lipinski definition) is 16. The molecule has 1 fully saturated rings. The summed E-state index contributed by atoms with van der Waals surface area (Å²) in [4.78, 5) is 165. The molecule has 12 atom stereocenters. The van der Waals surface area contributed by atoms with Gasteiger partial charge in [0.05, 0.1) is 47.5 Å². The van der Waals surface area contributed by atoms with Crippen molar-refractivity contribution in [3.05, 3.63) is 76.7 Å². The number of nitrogens with two attached hydrogens (primary N) is 1. The minimum atomic E-state index is -1.19. The van der Waals surface area contributed by atoms with E-state index in [0.717, 1.165) is 10.5 Å². The molecule has 1 aliphatic carbocycles. The van der Waals surface area contributed by atoms with Crippen LogP contribution in [-0.4, -0.2) is 193 Å². The fourth-order valence-corrected chi connectivity index (χ4v) is 13.1. The highest BCUT2D eigenvalue weighted by atomic mass is 32.2. The van der Waals surface area contributed by atoms with E-state index < -0.39 is 126 Å². The van der Waals surface area contributed by atoms with Crippen LogP contribution in [0.15, 0.2) is 65.6 Å². The van der Waals surface area contributed by atoms with Gasteiger partial charge in [-0.25, -0.2) is 14.4 Å². The van der Waals surface area contributed by atoms with Gasteiger partial charge in [0.25, 0.3) is 0 Å². The number of primary amides is 1. The molecular weight excluding hydrogens is 1270 g/mol. The second-order valence-corrected chi connectivity index (χ2v) is 27.2. The number of allylic oxidation sites excluding steroid dienone is 2. The summed E-state index contributed by atoms with van der Waals surface area (Å²) in [6.45, 7) is 16.4. The summed E-state index contributed by atoms with van der Waals surface area (Å²) in [5, 5.41) is 26.4. The number of carbonyl (C=O) groups is 12. The van der Waals surface area contributed by atoms with Crippen LogP contribution >= 0.6 is 11.8 Å². The smallest absolute Gasteiger partial charge is 0.410 e. The van der Waals surface area contributed by atoms with Crippen LogP contribution in [0.25, 0.3) is 0 Å². The number of rotatable bonds is 40. The molecule has 4 rings (SSSR count). The van der Waals surface area contributed by atoms with Crippen LogP contribution in [0.4, 0.5) is 15.3 Å². The third-order valence-electron chi connectivity index (χ3n) is 18.2. The fourth-order valence-electron chi connectivity index (χ4n) is 12.5. The molecule has 1 saturated heterocycles. The zero-order valence-corrected chi connectivity index (χ0v) is 59.8. The summed E-state index contributed by atoms with van der Waals surface area (Å²) in [7, 11) is 5.97. The van der Waals surface area contributed by atoms with Gasteiger partial charge in [-0.05, 0) is 97.8 Å². The van der Waals surface area contributed by atoms with Gasteiger partial charge in [0.2, 0.25) is 41.4 Å². The second-order valence-electron chi connectivity index (χ2n) is 26.4. The lowest BCUT2D eigenvalue weighted by Crippen LogP contribution is -2.60. The van der Waals surface area contributed by atoms with Crippen molar-refractivity contribution in [3.63, 3.8) is 0 Å². The van der Waals surface area contributed by atoms with Gasteiger partial charge >= 0.3 is 18.1 Å². The molecule has 0 radical (unpaired) electrons. The Morgan fingerprint density at radius 3 is 1.95 bits per heavy atom. The number of likely N-dealkylation sites (N-methyl/N-ethyl adjacent to an activating group) is 2. The summed E-state index contributed by atoms with van der Waals surface area (Å²) in [5.41, 5.74) is 6.84.